The van der Waals surface area contributed by atoms with E-state index in [2.05, 4.69) is 33.1 Å². The minimum absolute atomic E-state index is 0.0399. The smallest absolute Gasteiger partial charge is 0.321 e. The van der Waals surface area contributed by atoms with Gasteiger partial charge in [0.2, 0.25) is 0 Å². The summed E-state index contributed by atoms with van der Waals surface area (Å²) in [6.07, 6.45) is 6.51. The molecule has 1 saturated heterocycles. The maximum absolute atomic E-state index is 14.3. The average Bonchev–Trinajstić information content (AvgIpc) is 3.47. The minimum Gasteiger partial charge on any atom is -0.353 e. The van der Waals surface area contributed by atoms with Gasteiger partial charge >= 0.3 is 6.55 Å². The molecule has 0 bridgehead atoms. The van der Waals surface area contributed by atoms with Crippen LogP contribution in [0.3, 0.4) is 0 Å². The minimum atomic E-state index is -2.83. The molecule has 40 heavy (non-hydrogen) atoms. The lowest BCUT2D eigenvalue weighted by molar-refractivity contribution is 0.0492. The zero-order chi connectivity index (χ0) is 27.6. The van der Waals surface area contributed by atoms with E-state index < -0.39 is 18.1 Å². The van der Waals surface area contributed by atoms with E-state index in [0.717, 1.165) is 55.4 Å². The average molecular weight is 551 g/mol. The number of hydrogen-bond donors (Lipinski definition) is 1. The molecule has 3 fully saturated rings. The van der Waals surface area contributed by atoms with Crippen molar-refractivity contribution in [3.8, 4) is 5.69 Å². The van der Waals surface area contributed by atoms with Gasteiger partial charge in [0.1, 0.15) is 23.8 Å². The fraction of sp³-hybridized carbons (Fsp3) is 0.500. The van der Waals surface area contributed by atoms with Gasteiger partial charge in [-0.15, -0.1) is 10.2 Å². The van der Waals surface area contributed by atoms with E-state index in [1.807, 2.05) is 18.3 Å². The van der Waals surface area contributed by atoms with Crippen molar-refractivity contribution in [1.29, 1.82) is 0 Å². The molecule has 0 unspecified atom stereocenters. The first-order valence-corrected chi connectivity index (χ1v) is 14.2. The van der Waals surface area contributed by atoms with Crippen LogP contribution < -0.4 is 5.56 Å². The SMILES string of the molecule is C[C@H]1CCCN(Cc2cc3c(C4CC4)cn(-c4cccc(C5(c6nncn6C(F)F)CC(F)C5)c4)c(=O)c3[nH]2)C1. The number of hydrogen-bond acceptors (Lipinski definition) is 4. The van der Waals surface area contributed by atoms with Gasteiger partial charge in [-0.3, -0.25) is 18.8 Å². The number of halogens is 3. The van der Waals surface area contributed by atoms with Crippen LogP contribution in [-0.2, 0) is 12.0 Å². The molecule has 7 rings (SSSR count). The Morgan fingerprint density at radius 3 is 2.73 bits per heavy atom. The molecule has 3 aromatic heterocycles. The number of aromatic amines is 1. The molecule has 2 aliphatic carbocycles. The molecule has 1 aromatic carbocycles. The molecule has 7 nitrogen and oxygen atoms in total. The molecule has 4 heterocycles. The van der Waals surface area contributed by atoms with Gasteiger partial charge in [0.25, 0.3) is 5.56 Å². The largest absolute Gasteiger partial charge is 0.353 e. The van der Waals surface area contributed by atoms with Crippen molar-refractivity contribution in [2.45, 2.75) is 76.0 Å². The highest BCUT2D eigenvalue weighted by Gasteiger charge is 2.51. The fourth-order valence-electron chi connectivity index (χ4n) is 6.89. The Labute approximate surface area is 230 Å². The lowest BCUT2D eigenvalue weighted by atomic mass is 9.62. The maximum Gasteiger partial charge on any atom is 0.321 e. The van der Waals surface area contributed by atoms with Gasteiger partial charge in [-0.1, -0.05) is 19.1 Å². The van der Waals surface area contributed by atoms with E-state index in [9.17, 15) is 18.0 Å². The number of alkyl halides is 3. The second kappa shape index (κ2) is 9.61. The number of aromatic nitrogens is 5. The molecule has 210 valence electrons. The number of nitrogens with one attached hydrogen (secondary N) is 1. The van der Waals surface area contributed by atoms with E-state index in [1.54, 1.807) is 16.7 Å². The van der Waals surface area contributed by atoms with E-state index in [4.69, 9.17) is 0 Å². The maximum atomic E-state index is 14.3. The third-order valence-corrected chi connectivity index (χ3v) is 9.07. The number of rotatable bonds is 7. The van der Waals surface area contributed by atoms with Gasteiger partial charge in [-0.05, 0) is 86.2 Å². The van der Waals surface area contributed by atoms with Crippen LogP contribution in [0.25, 0.3) is 16.6 Å². The molecule has 1 N–H and O–H groups in total. The zero-order valence-corrected chi connectivity index (χ0v) is 22.5. The molecule has 0 radical (unpaired) electrons. The molecule has 3 aliphatic rings. The molecular formula is C30H33F3N6O. The Hall–Kier alpha value is -3.40. The van der Waals surface area contributed by atoms with Crippen LogP contribution in [0.4, 0.5) is 13.2 Å². The lowest BCUT2D eigenvalue weighted by Gasteiger charge is -2.43. The van der Waals surface area contributed by atoms with E-state index in [0.29, 0.717) is 33.2 Å². The molecule has 10 heteroatoms. The van der Waals surface area contributed by atoms with Crippen LogP contribution >= 0.6 is 0 Å². The summed E-state index contributed by atoms with van der Waals surface area (Å²) in [5, 5.41) is 8.68. The molecule has 1 aliphatic heterocycles. The second-order valence-corrected chi connectivity index (χ2v) is 12.1. The van der Waals surface area contributed by atoms with Crippen LogP contribution in [0.1, 0.15) is 80.6 Å². The van der Waals surface area contributed by atoms with E-state index in [-0.39, 0.29) is 24.2 Å². The number of nitrogens with zero attached hydrogens (tertiary/aromatic N) is 5. The van der Waals surface area contributed by atoms with Crippen molar-refractivity contribution in [1.82, 2.24) is 29.2 Å². The van der Waals surface area contributed by atoms with Crippen molar-refractivity contribution in [3.63, 3.8) is 0 Å². The predicted octanol–water partition coefficient (Wildman–Crippen LogP) is 5.83. The summed E-state index contributed by atoms with van der Waals surface area (Å²) in [6, 6.07) is 9.40. The number of pyridine rings is 1. The zero-order valence-electron chi connectivity index (χ0n) is 22.5. The van der Waals surface area contributed by atoms with Gasteiger partial charge < -0.3 is 4.98 Å². The van der Waals surface area contributed by atoms with Crippen molar-refractivity contribution < 1.29 is 13.2 Å². The number of benzene rings is 1. The van der Waals surface area contributed by atoms with Gasteiger partial charge in [0, 0.05) is 36.1 Å². The van der Waals surface area contributed by atoms with Gasteiger partial charge in [0.05, 0.1) is 5.41 Å². The summed E-state index contributed by atoms with van der Waals surface area (Å²) < 4.78 is 44.2. The van der Waals surface area contributed by atoms with Crippen LogP contribution in [0.2, 0.25) is 0 Å². The first kappa shape index (κ1) is 25.6. The number of piperidine rings is 1. The normalized spacial score (nSPS) is 25.5. The van der Waals surface area contributed by atoms with Gasteiger partial charge in [-0.2, -0.15) is 8.78 Å². The van der Waals surface area contributed by atoms with Gasteiger partial charge in [-0.25, -0.2) is 4.39 Å². The molecule has 0 amide bonds. The van der Waals surface area contributed by atoms with Crippen LogP contribution in [0, 0.1) is 5.92 Å². The molecule has 2 saturated carbocycles. The van der Waals surface area contributed by atoms with Crippen LogP contribution in [-0.4, -0.2) is 48.5 Å². The molecule has 0 spiro atoms. The highest BCUT2D eigenvalue weighted by atomic mass is 19.3. The first-order valence-electron chi connectivity index (χ1n) is 14.2. The number of H-pyrrole nitrogens is 1. The summed E-state index contributed by atoms with van der Waals surface area (Å²) in [7, 11) is 0. The van der Waals surface area contributed by atoms with Crippen LogP contribution in [0.5, 0.6) is 0 Å². The van der Waals surface area contributed by atoms with Gasteiger partial charge in [0.15, 0.2) is 0 Å². The molecule has 1 atom stereocenters. The van der Waals surface area contributed by atoms with Crippen molar-refractivity contribution in [2.75, 3.05) is 13.1 Å². The van der Waals surface area contributed by atoms with E-state index >= 15 is 0 Å². The fourth-order valence-corrected chi connectivity index (χ4v) is 6.89. The highest BCUT2D eigenvalue weighted by Crippen LogP contribution is 2.50. The predicted molar refractivity (Wildman–Crippen MR) is 146 cm³/mol. The first-order chi connectivity index (χ1) is 19.3. The second-order valence-electron chi connectivity index (χ2n) is 12.1. The Bertz CT molecular complexity index is 1610. The number of likely N-dealkylation sites (tertiary alicyclic amines) is 1. The quantitative estimate of drug-likeness (QED) is 0.314. The summed E-state index contributed by atoms with van der Waals surface area (Å²) in [4.78, 5) is 19.8. The van der Waals surface area contributed by atoms with Crippen molar-refractivity contribution in [3.05, 3.63) is 75.9 Å². The summed E-state index contributed by atoms with van der Waals surface area (Å²) in [6.45, 7) is 2.37. The van der Waals surface area contributed by atoms with Crippen LogP contribution in [0.15, 0.2) is 47.7 Å². The standard InChI is InChI=1S/C30H33F3N6O/c1-18-4-3-9-37(14-18)15-22-11-24-25(19-7-8-19)16-38(27(40)26(24)35-22)23-6-2-5-20(10-23)30(12-21(31)13-30)28-36-34-17-39(28)29(32)33/h2,5-6,10-11,16-19,21,29,35H,3-4,7-9,12-15H2,1H3/t18-,21?,30?/m0/s1. The van der Waals surface area contributed by atoms with Crippen molar-refractivity contribution in [2.24, 2.45) is 5.92 Å². The molecule has 4 aromatic rings. The monoisotopic (exact) mass is 550 g/mol. The Morgan fingerprint density at radius 1 is 1.18 bits per heavy atom. The Kier molecular flexibility index (Phi) is 6.14. The van der Waals surface area contributed by atoms with Crippen molar-refractivity contribution >= 4 is 10.9 Å². The Balaban J connectivity index is 1.30. The lowest BCUT2D eigenvalue weighted by Crippen LogP contribution is -2.45. The summed E-state index contributed by atoms with van der Waals surface area (Å²) in [5.41, 5.74) is 2.88. The third-order valence-electron chi connectivity index (χ3n) is 9.07. The topological polar surface area (TPSA) is 71.7 Å². The third kappa shape index (κ3) is 4.27. The number of fused-ring (bicyclic) bond motifs is 1. The summed E-state index contributed by atoms with van der Waals surface area (Å²) in [5.74, 6) is 1.13. The summed E-state index contributed by atoms with van der Waals surface area (Å²) >= 11 is 0. The molecular weight excluding hydrogens is 517 g/mol. The van der Waals surface area contributed by atoms with E-state index in [1.165, 1.54) is 12.8 Å². The Morgan fingerprint density at radius 2 is 2.00 bits per heavy atom. The highest BCUT2D eigenvalue weighted by molar-refractivity contribution is 5.84.